The average molecular weight is 837 g/mol. The molecule has 55 heavy (non-hydrogen) atoms. The summed E-state index contributed by atoms with van der Waals surface area (Å²) in [6, 6.07) is 9.28. The van der Waals surface area contributed by atoms with Crippen LogP contribution in [0.25, 0.3) is 0 Å². The van der Waals surface area contributed by atoms with E-state index in [1.807, 2.05) is 57.0 Å². The van der Waals surface area contributed by atoms with Crippen LogP contribution in [0.15, 0.2) is 24.3 Å². The second-order valence-corrected chi connectivity index (χ2v) is 21.8. The van der Waals surface area contributed by atoms with Crippen LogP contribution in [0.1, 0.15) is 94.2 Å². The van der Waals surface area contributed by atoms with E-state index in [1.165, 1.54) is 43.5 Å². The molecule has 2 saturated heterocycles. The second-order valence-electron chi connectivity index (χ2n) is 16.9. The van der Waals surface area contributed by atoms with E-state index in [-0.39, 0.29) is 23.2 Å². The van der Waals surface area contributed by atoms with E-state index < -0.39 is 12.2 Å². The van der Waals surface area contributed by atoms with Gasteiger partial charge in [-0.15, -0.1) is 0 Å². The molecular weight excluding hydrogens is 773 g/mol. The lowest BCUT2D eigenvalue weighted by Gasteiger charge is -2.50. The lowest BCUT2D eigenvalue weighted by Crippen LogP contribution is -2.57. The van der Waals surface area contributed by atoms with Gasteiger partial charge in [0.05, 0.1) is 0 Å². The van der Waals surface area contributed by atoms with Gasteiger partial charge in [0, 0.05) is 80.2 Å². The van der Waals surface area contributed by atoms with Crippen molar-refractivity contribution in [1.29, 1.82) is 0 Å². The molecule has 0 spiro atoms. The van der Waals surface area contributed by atoms with Gasteiger partial charge in [0.15, 0.2) is 0 Å². The number of hydrogen-bond acceptors (Lipinski definition) is 14. The first-order chi connectivity index (χ1) is 26.3. The number of aliphatic hydroxyl groups excluding tert-OH is 2. The summed E-state index contributed by atoms with van der Waals surface area (Å²) in [7, 11) is 7.61. The summed E-state index contributed by atoms with van der Waals surface area (Å²) in [4.78, 5) is 0. The Morgan fingerprint density at radius 2 is 1.20 bits per heavy atom. The van der Waals surface area contributed by atoms with Crippen LogP contribution in [0.4, 0.5) is 0 Å². The van der Waals surface area contributed by atoms with Crippen LogP contribution >= 0.6 is 43.2 Å². The highest BCUT2D eigenvalue weighted by atomic mass is 33.1. The maximum Gasteiger partial charge on any atom is 0.130 e. The predicted octanol–water partition coefficient (Wildman–Crippen LogP) is 7.07. The van der Waals surface area contributed by atoms with Crippen LogP contribution < -0.4 is 20.1 Å². The summed E-state index contributed by atoms with van der Waals surface area (Å²) in [5, 5.41) is 50.7. The lowest BCUT2D eigenvalue weighted by atomic mass is 9.69. The van der Waals surface area contributed by atoms with Gasteiger partial charge in [-0.3, -0.25) is 0 Å². The zero-order chi connectivity index (χ0) is 39.3. The Balaban J connectivity index is 0.000000182. The van der Waals surface area contributed by atoms with E-state index in [2.05, 4.69) is 62.6 Å². The summed E-state index contributed by atoms with van der Waals surface area (Å²) in [5.74, 6) is 6.54. The largest absolute Gasteiger partial charge is 0.487 e. The standard InChI is InChI=1S/C22H34N2O3S2.C17H24N2O3S2.C2H6/c1-21(2)13-24(26)22(3,4)8-17(21)9-23-10-18(25)20-6-14-5-15-11-28-29-12-16(15)7-19(14)27-20;20-15(8-18-14-1-3-19(21)4-2-14)17-6-11-5-12-9-23-24-10-13(12)7-16(11)22-17;1-2/h5,7,17-18,20,23,25-26H,6,8-13H2,1-4H3;5,7,14-15,17-18,20-21H,1-4,6,8-10H2;1-2H3. The van der Waals surface area contributed by atoms with Crippen molar-refractivity contribution in [3.05, 3.63) is 57.6 Å². The lowest BCUT2D eigenvalue weighted by molar-refractivity contribution is -0.216. The zero-order valence-corrected chi connectivity index (χ0v) is 36.8. The number of nitrogens with zero attached hydrogens (tertiary/aromatic N) is 2. The van der Waals surface area contributed by atoms with Crippen LogP contribution in [-0.4, -0.2) is 106 Å². The molecule has 10 nitrogen and oxygen atoms in total. The van der Waals surface area contributed by atoms with Gasteiger partial charge in [-0.25, -0.2) is 0 Å². The van der Waals surface area contributed by atoms with Gasteiger partial charge in [-0.2, -0.15) is 10.1 Å². The second kappa shape index (κ2) is 19.5. The third kappa shape index (κ3) is 11.0. The summed E-state index contributed by atoms with van der Waals surface area (Å²) < 4.78 is 12.2. The Kier molecular flexibility index (Phi) is 15.5. The molecule has 0 aromatic heterocycles. The normalized spacial score (nSPS) is 26.7. The molecule has 0 radical (unpaired) electrons. The van der Waals surface area contributed by atoms with E-state index in [1.54, 1.807) is 0 Å². The minimum Gasteiger partial charge on any atom is -0.487 e. The smallest absolute Gasteiger partial charge is 0.130 e. The minimum atomic E-state index is -0.530. The van der Waals surface area contributed by atoms with E-state index in [9.17, 15) is 20.6 Å². The molecule has 0 aliphatic carbocycles. The SMILES string of the molecule is CC.CC1(C)CN(O)C(C)(C)CC1CNCC(O)C1Cc2cc3c(cc2O1)CSSC3.OC(CNC1CCN(O)CC1)C1Cc2cc3c(cc2O1)CSSC3. The quantitative estimate of drug-likeness (QED) is 0.144. The maximum atomic E-state index is 10.7. The van der Waals surface area contributed by atoms with Gasteiger partial charge < -0.3 is 40.7 Å². The van der Waals surface area contributed by atoms with Gasteiger partial charge in [0.1, 0.15) is 35.9 Å². The molecule has 5 unspecified atom stereocenters. The number of piperidine rings is 2. The van der Waals surface area contributed by atoms with E-state index >= 15 is 0 Å². The molecule has 6 heterocycles. The van der Waals surface area contributed by atoms with Gasteiger partial charge in [-0.1, -0.05) is 83.0 Å². The van der Waals surface area contributed by atoms with Gasteiger partial charge >= 0.3 is 0 Å². The molecule has 6 aliphatic heterocycles. The number of hydroxylamine groups is 4. The number of nitrogens with one attached hydrogen (secondary N) is 2. The van der Waals surface area contributed by atoms with E-state index in [0.717, 1.165) is 73.2 Å². The highest BCUT2D eigenvalue weighted by molar-refractivity contribution is 8.76. The summed E-state index contributed by atoms with van der Waals surface area (Å²) in [6.45, 7) is 16.6. The molecule has 8 rings (SSSR count). The molecule has 2 aromatic rings. The summed E-state index contributed by atoms with van der Waals surface area (Å²) >= 11 is 0. The van der Waals surface area contributed by atoms with Crippen LogP contribution in [0.2, 0.25) is 0 Å². The van der Waals surface area contributed by atoms with Crippen LogP contribution in [0.3, 0.4) is 0 Å². The molecule has 6 aliphatic rings. The summed E-state index contributed by atoms with van der Waals surface area (Å²) in [6.07, 6.45) is 2.95. The van der Waals surface area contributed by atoms with Crippen molar-refractivity contribution in [1.82, 2.24) is 20.8 Å². The fraction of sp³-hybridized carbons (Fsp3) is 0.707. The molecule has 2 aromatic carbocycles. The number of rotatable bonds is 9. The van der Waals surface area contributed by atoms with Crippen molar-refractivity contribution in [2.24, 2.45) is 11.3 Å². The molecule has 0 amide bonds. The van der Waals surface area contributed by atoms with Crippen molar-refractivity contribution < 1.29 is 30.1 Å². The molecule has 6 N–H and O–H groups in total. The molecule has 0 saturated carbocycles. The topological polar surface area (TPSA) is 130 Å². The number of aliphatic hydroxyl groups is 2. The maximum absolute atomic E-state index is 10.7. The van der Waals surface area contributed by atoms with E-state index in [4.69, 9.17) is 9.47 Å². The van der Waals surface area contributed by atoms with Crippen molar-refractivity contribution in [2.45, 2.75) is 133 Å². The fourth-order valence-electron chi connectivity index (χ4n) is 8.29. The molecule has 0 bridgehead atoms. The van der Waals surface area contributed by atoms with Crippen molar-refractivity contribution in [3.63, 3.8) is 0 Å². The molecule has 2 fully saturated rings. The van der Waals surface area contributed by atoms with Gasteiger partial charge in [-0.05, 0) is 96.5 Å². The minimum absolute atomic E-state index is 0.0252. The number of hydrogen-bond donors (Lipinski definition) is 6. The Morgan fingerprint density at radius 1 is 0.727 bits per heavy atom. The third-order valence-electron chi connectivity index (χ3n) is 12.0. The molecular formula is C41H64N4O6S4. The van der Waals surface area contributed by atoms with Crippen LogP contribution in [0, 0.1) is 11.3 Å². The monoisotopic (exact) mass is 836 g/mol. The summed E-state index contributed by atoms with van der Waals surface area (Å²) in [5.41, 5.74) is 7.87. The zero-order valence-electron chi connectivity index (χ0n) is 33.5. The van der Waals surface area contributed by atoms with Crippen molar-refractivity contribution >= 4 is 43.2 Å². The first-order valence-corrected chi connectivity index (χ1v) is 25.1. The number of benzene rings is 2. The predicted molar refractivity (Wildman–Crippen MR) is 229 cm³/mol. The van der Waals surface area contributed by atoms with Crippen LogP contribution in [-0.2, 0) is 35.9 Å². The van der Waals surface area contributed by atoms with Crippen molar-refractivity contribution in [2.75, 3.05) is 39.3 Å². The molecule has 14 heteroatoms. The Bertz CT molecular complexity index is 1510. The van der Waals surface area contributed by atoms with Crippen LogP contribution in [0.5, 0.6) is 11.5 Å². The third-order valence-corrected chi connectivity index (χ3v) is 16.4. The average Bonchev–Trinajstić information content (AvgIpc) is 3.79. The Morgan fingerprint density at radius 3 is 1.71 bits per heavy atom. The van der Waals surface area contributed by atoms with Crippen molar-refractivity contribution in [3.8, 4) is 11.5 Å². The van der Waals surface area contributed by atoms with Gasteiger partial charge in [0.2, 0.25) is 0 Å². The first kappa shape index (κ1) is 43.7. The fourth-order valence-corrected chi connectivity index (χ4v) is 12.7. The highest BCUT2D eigenvalue weighted by Gasteiger charge is 2.44. The Hall–Kier alpha value is -0.880. The van der Waals surface area contributed by atoms with E-state index in [0.29, 0.717) is 44.7 Å². The highest BCUT2D eigenvalue weighted by Crippen LogP contribution is 2.44. The first-order valence-electron chi connectivity index (χ1n) is 20.2. The molecule has 308 valence electrons. The van der Waals surface area contributed by atoms with Gasteiger partial charge in [0.25, 0.3) is 0 Å². The Labute approximate surface area is 344 Å². The number of ether oxygens (including phenoxy) is 2. The number of fused-ring (bicyclic) bond motifs is 4. The molecule has 5 atom stereocenters.